The van der Waals surface area contributed by atoms with Gasteiger partial charge in [-0.2, -0.15) is 0 Å². The van der Waals surface area contributed by atoms with Crippen LogP contribution in [0.5, 0.6) is 23.0 Å². The minimum atomic E-state index is -1.11. The molecular formula is C26H24N2O9S. The van der Waals surface area contributed by atoms with Crippen LogP contribution in [0.25, 0.3) is 17.5 Å². The molecule has 1 atom stereocenters. The predicted octanol–water partition coefficient (Wildman–Crippen LogP) is 0.588. The number of aromatic hydroxyl groups is 2. The lowest BCUT2D eigenvalue weighted by atomic mass is 9.83. The fraction of sp³-hybridized carbons (Fsp3) is 0.192. The average Bonchev–Trinajstić information content (AvgIpc) is 3.24. The van der Waals surface area contributed by atoms with Gasteiger partial charge in [-0.1, -0.05) is 12.1 Å². The zero-order valence-electron chi connectivity index (χ0n) is 20.8. The summed E-state index contributed by atoms with van der Waals surface area (Å²) in [5, 5.41) is 20.0. The summed E-state index contributed by atoms with van der Waals surface area (Å²) < 4.78 is 21.8. The van der Waals surface area contributed by atoms with Gasteiger partial charge >= 0.3 is 11.9 Å². The number of aromatic nitrogens is 1. The summed E-state index contributed by atoms with van der Waals surface area (Å²) in [5.74, 6) is -2.92. The lowest BCUT2D eigenvalue weighted by Gasteiger charge is -2.26. The summed E-state index contributed by atoms with van der Waals surface area (Å²) in [6, 6.07) is 8.83. The topological polar surface area (TPSA) is 160 Å². The first-order chi connectivity index (χ1) is 18.2. The molecule has 12 heteroatoms. The van der Waals surface area contributed by atoms with Gasteiger partial charge in [-0.3, -0.25) is 9.36 Å². The van der Waals surface area contributed by atoms with E-state index in [-0.39, 0.29) is 49.2 Å². The third kappa shape index (κ3) is 4.34. The Morgan fingerprint density at radius 1 is 0.921 bits per heavy atom. The van der Waals surface area contributed by atoms with Crippen molar-refractivity contribution in [1.29, 1.82) is 0 Å². The van der Waals surface area contributed by atoms with E-state index in [4.69, 9.17) is 24.7 Å². The van der Waals surface area contributed by atoms with Crippen molar-refractivity contribution in [2.24, 2.45) is 5.73 Å². The van der Waals surface area contributed by atoms with Crippen LogP contribution in [-0.4, -0.2) is 55.2 Å². The number of carbonyl (C=O) groups excluding carboxylic acids is 2. The van der Waals surface area contributed by atoms with Crippen LogP contribution >= 0.6 is 11.3 Å². The molecule has 0 saturated heterocycles. The van der Waals surface area contributed by atoms with Crippen molar-refractivity contribution >= 4 is 40.7 Å². The van der Waals surface area contributed by atoms with E-state index in [1.807, 2.05) is 0 Å². The van der Waals surface area contributed by atoms with E-state index in [1.165, 1.54) is 51.7 Å². The van der Waals surface area contributed by atoms with Crippen LogP contribution in [0.15, 0.2) is 46.8 Å². The van der Waals surface area contributed by atoms with Crippen molar-refractivity contribution in [2.45, 2.75) is 5.92 Å². The Bertz CT molecular complexity index is 1670. The predicted molar refractivity (Wildman–Crippen MR) is 138 cm³/mol. The van der Waals surface area contributed by atoms with Gasteiger partial charge < -0.3 is 34.9 Å². The van der Waals surface area contributed by atoms with Crippen LogP contribution in [0.4, 0.5) is 0 Å². The molecule has 1 aliphatic heterocycles. The van der Waals surface area contributed by atoms with E-state index in [1.54, 1.807) is 12.1 Å². The van der Waals surface area contributed by atoms with Crippen LogP contribution in [-0.2, 0) is 19.1 Å². The van der Waals surface area contributed by atoms with Crippen LogP contribution in [0, 0.1) is 0 Å². The highest BCUT2D eigenvalue weighted by molar-refractivity contribution is 7.07. The molecule has 4 N–H and O–H groups in total. The molecule has 2 aromatic carbocycles. The number of hydrogen-bond acceptors (Lipinski definition) is 11. The Hall–Kier alpha value is -4.71. The smallest absolute Gasteiger partial charge is 0.338 e. The molecule has 198 valence electrons. The number of phenols is 2. The van der Waals surface area contributed by atoms with Gasteiger partial charge in [0.2, 0.25) is 0 Å². The van der Waals surface area contributed by atoms with Crippen molar-refractivity contribution in [3.05, 3.63) is 72.6 Å². The summed E-state index contributed by atoms with van der Waals surface area (Å²) in [4.78, 5) is 39.7. The van der Waals surface area contributed by atoms with Crippen LogP contribution < -0.4 is 30.0 Å². The molecule has 0 saturated carbocycles. The number of fused-ring (bicyclic) bond motifs is 1. The van der Waals surface area contributed by atoms with E-state index >= 15 is 0 Å². The molecule has 0 fully saturated rings. The molecular weight excluding hydrogens is 516 g/mol. The van der Waals surface area contributed by atoms with Crippen LogP contribution in [0.3, 0.4) is 0 Å². The van der Waals surface area contributed by atoms with Crippen molar-refractivity contribution in [3.8, 4) is 23.0 Å². The number of rotatable bonds is 6. The number of carbonyl (C=O) groups is 2. The third-order valence-electron chi connectivity index (χ3n) is 6.00. The Morgan fingerprint density at radius 2 is 1.50 bits per heavy atom. The normalized spacial score (nSPS) is 15.2. The Morgan fingerprint density at radius 3 is 2.11 bits per heavy atom. The largest absolute Gasteiger partial charge is 0.504 e. The quantitative estimate of drug-likeness (QED) is 0.378. The molecule has 0 bridgehead atoms. The van der Waals surface area contributed by atoms with Gasteiger partial charge in [0.1, 0.15) is 10.5 Å². The number of benzene rings is 2. The Kier molecular flexibility index (Phi) is 7.17. The summed E-state index contributed by atoms with van der Waals surface area (Å²) in [6.07, 6.45) is 1.54. The number of hydrogen-bond donors (Lipinski definition) is 3. The molecule has 1 aliphatic rings. The van der Waals surface area contributed by atoms with E-state index in [0.29, 0.717) is 11.1 Å². The Balaban J connectivity index is 2.11. The van der Waals surface area contributed by atoms with Gasteiger partial charge in [0.25, 0.3) is 5.56 Å². The van der Waals surface area contributed by atoms with Crippen molar-refractivity contribution in [3.63, 3.8) is 0 Å². The van der Waals surface area contributed by atoms with Crippen LogP contribution in [0.1, 0.15) is 17.0 Å². The molecule has 0 aliphatic carbocycles. The second-order valence-corrected chi connectivity index (χ2v) is 9.08. The number of thiazole rings is 1. The standard InChI is InChI=1S/C26H24N2O9S/c1-34-16-9-12(5-7-14(16)29)10-18-23(31)28-22(27)20(25(32)36-3)19(21(24(28)38-18)26(33)37-4)13-6-8-15(30)17(11-13)35-2/h5-11,19,29-30H,27H2,1-4H3/b18-10+/t19-/m1/s1. The van der Waals surface area contributed by atoms with E-state index in [9.17, 15) is 24.6 Å². The highest BCUT2D eigenvalue weighted by Crippen LogP contribution is 2.40. The van der Waals surface area contributed by atoms with Gasteiger partial charge in [0, 0.05) is 0 Å². The highest BCUT2D eigenvalue weighted by Gasteiger charge is 2.40. The maximum atomic E-state index is 13.5. The lowest BCUT2D eigenvalue weighted by molar-refractivity contribution is -0.136. The summed E-state index contributed by atoms with van der Waals surface area (Å²) in [5.41, 5.74) is 6.53. The second-order valence-electron chi connectivity index (χ2n) is 8.05. The molecule has 0 radical (unpaired) electrons. The maximum absolute atomic E-state index is 13.5. The SMILES string of the molecule is COC(=O)C1=C(N)n2c(s/c(=C/c3ccc(O)c(OC)c3)c2=O)=C(C(=O)OC)[C@@H]1c1ccc(O)c(OC)c1. The minimum absolute atomic E-state index is 0.0279. The van der Waals surface area contributed by atoms with Crippen molar-refractivity contribution < 1.29 is 38.7 Å². The third-order valence-corrected chi connectivity index (χ3v) is 7.11. The first-order valence-corrected chi connectivity index (χ1v) is 11.9. The zero-order chi connectivity index (χ0) is 27.7. The molecule has 1 aromatic heterocycles. The van der Waals surface area contributed by atoms with Gasteiger partial charge in [-0.05, 0) is 41.5 Å². The minimum Gasteiger partial charge on any atom is -0.504 e. The van der Waals surface area contributed by atoms with Gasteiger partial charge in [-0.15, -0.1) is 11.3 Å². The lowest BCUT2D eigenvalue weighted by Crippen LogP contribution is -2.41. The zero-order valence-corrected chi connectivity index (χ0v) is 21.6. The van der Waals surface area contributed by atoms with Gasteiger partial charge in [0.05, 0.1) is 50.0 Å². The number of nitrogens with zero attached hydrogens (tertiary/aromatic N) is 1. The summed E-state index contributed by atoms with van der Waals surface area (Å²) in [6.45, 7) is 0. The fourth-order valence-corrected chi connectivity index (χ4v) is 5.37. The molecule has 11 nitrogen and oxygen atoms in total. The highest BCUT2D eigenvalue weighted by atomic mass is 32.1. The summed E-state index contributed by atoms with van der Waals surface area (Å²) in [7, 11) is 5.08. The number of ether oxygens (including phenoxy) is 4. The second kappa shape index (κ2) is 10.3. The molecule has 0 unspecified atom stereocenters. The van der Waals surface area contributed by atoms with Gasteiger partial charge in [0.15, 0.2) is 23.0 Å². The molecule has 4 rings (SSSR count). The van der Waals surface area contributed by atoms with E-state index in [2.05, 4.69) is 0 Å². The van der Waals surface area contributed by atoms with Gasteiger partial charge in [-0.25, -0.2) is 9.59 Å². The molecule has 38 heavy (non-hydrogen) atoms. The number of nitrogens with two attached hydrogens (primary N) is 1. The van der Waals surface area contributed by atoms with E-state index in [0.717, 1.165) is 23.0 Å². The molecule has 3 aromatic rings. The van der Waals surface area contributed by atoms with E-state index < -0.39 is 23.4 Å². The average molecular weight is 541 g/mol. The summed E-state index contributed by atoms with van der Waals surface area (Å²) >= 11 is 0.970. The monoisotopic (exact) mass is 540 g/mol. The first kappa shape index (κ1) is 26.4. The molecule has 0 amide bonds. The van der Waals surface area contributed by atoms with Crippen molar-refractivity contribution in [2.75, 3.05) is 28.4 Å². The molecule has 0 spiro atoms. The van der Waals surface area contributed by atoms with Crippen molar-refractivity contribution in [1.82, 2.24) is 4.57 Å². The van der Waals surface area contributed by atoms with Crippen LogP contribution in [0.2, 0.25) is 0 Å². The fourth-order valence-electron chi connectivity index (χ4n) is 4.21. The molecule has 2 heterocycles. The maximum Gasteiger partial charge on any atom is 0.338 e. The number of esters is 2. The first-order valence-electron chi connectivity index (χ1n) is 11.0. The number of phenolic OH excluding ortho intramolecular Hbond substituents is 2. The number of methoxy groups -OCH3 is 4. The Labute approximate surface area is 219 Å².